The number of fused-ring (bicyclic) bond motifs is 1. The zero-order valence-corrected chi connectivity index (χ0v) is 15.4. The molecule has 29 heavy (non-hydrogen) atoms. The van der Waals surface area contributed by atoms with E-state index in [1.165, 1.54) is 12.1 Å². The first-order valence-electron chi connectivity index (χ1n) is 8.85. The molecule has 2 unspecified atom stereocenters. The minimum absolute atomic E-state index is 0.285. The van der Waals surface area contributed by atoms with Gasteiger partial charge in [0.1, 0.15) is 11.7 Å². The van der Waals surface area contributed by atoms with Gasteiger partial charge in [-0.3, -0.25) is 0 Å². The molecule has 0 amide bonds. The van der Waals surface area contributed by atoms with Crippen molar-refractivity contribution < 1.29 is 22.8 Å². The highest BCUT2D eigenvalue weighted by Crippen LogP contribution is 2.52. The molecule has 1 saturated carbocycles. The molecule has 6 nitrogen and oxygen atoms in total. The van der Waals surface area contributed by atoms with Gasteiger partial charge in [-0.1, -0.05) is 12.1 Å². The first kappa shape index (κ1) is 20.4. The van der Waals surface area contributed by atoms with Crippen LogP contribution >= 0.6 is 0 Å². The molecule has 4 atom stereocenters. The second kappa shape index (κ2) is 7.24. The molecular weight excluding hydrogens is 383 g/mol. The molecular formula is C20H17F3N5O+. The van der Waals surface area contributed by atoms with Crippen LogP contribution in [0, 0.1) is 56.7 Å². The molecule has 1 aliphatic heterocycles. The molecule has 2 N–H and O–H groups in total. The van der Waals surface area contributed by atoms with E-state index in [2.05, 4.69) is 4.74 Å². The third-order valence-electron chi connectivity index (χ3n) is 5.55. The highest BCUT2D eigenvalue weighted by Gasteiger charge is 2.58. The number of alkyl halides is 3. The molecule has 9 heteroatoms. The van der Waals surface area contributed by atoms with Gasteiger partial charge in [-0.05, 0) is 29.3 Å². The maximum Gasteiger partial charge on any atom is 0.573 e. The highest BCUT2D eigenvalue weighted by molar-refractivity contribution is 6.00. The second-order valence-electron chi connectivity index (χ2n) is 7.28. The van der Waals surface area contributed by atoms with E-state index in [1.54, 1.807) is 0 Å². The summed E-state index contributed by atoms with van der Waals surface area (Å²) in [6, 6.07) is 11.0. The highest BCUT2D eigenvalue weighted by atomic mass is 19.4. The van der Waals surface area contributed by atoms with Crippen LogP contribution in [0.15, 0.2) is 35.9 Å². The van der Waals surface area contributed by atoms with Crippen molar-refractivity contribution >= 4 is 5.71 Å². The van der Waals surface area contributed by atoms with Crippen molar-refractivity contribution in [2.24, 2.45) is 17.3 Å². The van der Waals surface area contributed by atoms with Gasteiger partial charge in [0.2, 0.25) is 0 Å². The molecule has 0 radical (unpaired) electrons. The van der Waals surface area contributed by atoms with Gasteiger partial charge in [-0.25, -0.2) is 0 Å². The topological polar surface area (TPSA) is 109 Å². The van der Waals surface area contributed by atoms with E-state index in [-0.39, 0.29) is 11.6 Å². The van der Waals surface area contributed by atoms with Gasteiger partial charge in [0, 0.05) is 11.8 Å². The van der Waals surface area contributed by atoms with Gasteiger partial charge < -0.3 is 15.0 Å². The normalized spacial score (nSPS) is 28.2. The van der Waals surface area contributed by atoms with E-state index < -0.39 is 29.4 Å². The molecule has 1 aromatic rings. The average molecular weight is 400 g/mol. The monoisotopic (exact) mass is 400 g/mol. The summed E-state index contributed by atoms with van der Waals surface area (Å²) in [7, 11) is 1.94. The second-order valence-corrected chi connectivity index (χ2v) is 7.28. The van der Waals surface area contributed by atoms with Crippen molar-refractivity contribution in [1.29, 1.82) is 21.2 Å². The first-order valence-corrected chi connectivity index (χ1v) is 8.85. The van der Waals surface area contributed by atoms with Gasteiger partial charge in [0.25, 0.3) is 0 Å². The standard InChI is InChI=1S/C20H16F3N5O/c1-28-7-6-14-15(8-24)18(27)19(10-25,11-26)17(16(14)9-28)12-2-4-13(5-3-12)29-20(21,22)23/h2-6,15-17,27H,7,9H2,1H3/p+1/t15?,16-,17+/m0/s1. The van der Waals surface area contributed by atoms with Gasteiger partial charge in [-0.2, -0.15) is 15.8 Å². The predicted molar refractivity (Wildman–Crippen MR) is 94.5 cm³/mol. The molecule has 0 aromatic heterocycles. The van der Waals surface area contributed by atoms with E-state index in [1.807, 2.05) is 31.3 Å². The molecule has 1 aliphatic carbocycles. The van der Waals surface area contributed by atoms with Gasteiger partial charge in [-0.15, -0.1) is 13.2 Å². The number of quaternary nitrogens is 1. The van der Waals surface area contributed by atoms with E-state index >= 15 is 0 Å². The van der Waals surface area contributed by atoms with Crippen molar-refractivity contribution in [2.75, 3.05) is 20.1 Å². The Kier molecular flexibility index (Phi) is 5.09. The van der Waals surface area contributed by atoms with Crippen LogP contribution in [0.5, 0.6) is 5.75 Å². The molecule has 0 bridgehead atoms. The lowest BCUT2D eigenvalue weighted by Gasteiger charge is -2.46. The van der Waals surface area contributed by atoms with Gasteiger partial charge >= 0.3 is 6.36 Å². The minimum Gasteiger partial charge on any atom is -0.406 e. The van der Waals surface area contributed by atoms with Crippen molar-refractivity contribution in [3.63, 3.8) is 0 Å². The number of benzene rings is 1. The summed E-state index contributed by atoms with van der Waals surface area (Å²) in [6.45, 7) is 1.18. The van der Waals surface area contributed by atoms with Gasteiger partial charge in [0.15, 0.2) is 5.41 Å². The SMILES string of the molecule is C[NH+]1CC=C2C(C#N)C(=N)C(C#N)(C#N)[C@H](c3ccc(OC(F)(F)F)cc3)[C@H]2C1. The van der Waals surface area contributed by atoms with E-state index in [4.69, 9.17) is 5.41 Å². The summed E-state index contributed by atoms with van der Waals surface area (Å²) < 4.78 is 41.2. The number of ether oxygens (including phenoxy) is 1. The van der Waals surface area contributed by atoms with Crippen LogP contribution in [0.3, 0.4) is 0 Å². The number of rotatable bonds is 2. The zero-order valence-electron chi connectivity index (χ0n) is 15.4. The van der Waals surface area contributed by atoms with E-state index in [0.717, 1.165) is 17.0 Å². The Labute approximate surface area is 165 Å². The minimum atomic E-state index is -4.83. The van der Waals surface area contributed by atoms with Crippen LogP contribution in [0.2, 0.25) is 0 Å². The number of nitrogens with one attached hydrogen (secondary N) is 2. The Bertz CT molecular complexity index is 964. The molecule has 1 heterocycles. The quantitative estimate of drug-likeness (QED) is 0.740. The summed E-state index contributed by atoms with van der Waals surface area (Å²) >= 11 is 0. The lowest BCUT2D eigenvalue weighted by molar-refractivity contribution is -0.878. The fourth-order valence-electron chi connectivity index (χ4n) is 4.31. The Morgan fingerprint density at radius 3 is 2.31 bits per heavy atom. The summed E-state index contributed by atoms with van der Waals surface area (Å²) in [6.07, 6.45) is -2.96. The summed E-state index contributed by atoms with van der Waals surface area (Å²) in [5.41, 5.74) is -1.02. The van der Waals surface area contributed by atoms with Crippen LogP contribution in [-0.2, 0) is 0 Å². The molecule has 0 saturated heterocycles. The van der Waals surface area contributed by atoms with Crippen LogP contribution < -0.4 is 9.64 Å². The summed E-state index contributed by atoms with van der Waals surface area (Å²) in [5, 5.41) is 37.9. The molecule has 0 spiro atoms. The number of nitrogens with zero attached hydrogens (tertiary/aromatic N) is 3. The fraction of sp³-hybridized carbons (Fsp3) is 0.400. The Balaban J connectivity index is 2.13. The average Bonchev–Trinajstić information content (AvgIpc) is 2.67. The molecule has 2 aliphatic rings. The van der Waals surface area contributed by atoms with Crippen molar-refractivity contribution in [3.8, 4) is 24.0 Å². The molecule has 3 rings (SSSR count). The number of nitriles is 3. The van der Waals surface area contributed by atoms with Gasteiger partial charge in [0.05, 0.1) is 44.1 Å². The van der Waals surface area contributed by atoms with E-state index in [0.29, 0.717) is 24.2 Å². The molecule has 1 aromatic carbocycles. The van der Waals surface area contributed by atoms with Crippen molar-refractivity contribution in [2.45, 2.75) is 12.3 Å². The Morgan fingerprint density at radius 1 is 1.17 bits per heavy atom. The first-order chi connectivity index (χ1) is 13.7. The Hall–Kier alpha value is -3.35. The van der Waals surface area contributed by atoms with Crippen LogP contribution in [-0.4, -0.2) is 32.2 Å². The largest absolute Gasteiger partial charge is 0.573 e. The van der Waals surface area contributed by atoms with Crippen molar-refractivity contribution in [3.05, 3.63) is 41.5 Å². The predicted octanol–water partition coefficient (Wildman–Crippen LogP) is 1.95. The lowest BCUT2D eigenvalue weighted by atomic mass is 9.54. The third-order valence-corrected chi connectivity index (χ3v) is 5.55. The summed E-state index contributed by atoms with van der Waals surface area (Å²) in [5.74, 6) is -2.52. The van der Waals surface area contributed by atoms with Crippen LogP contribution in [0.4, 0.5) is 13.2 Å². The number of likely N-dealkylation sites (N-methyl/N-ethyl adjacent to an activating group) is 1. The van der Waals surface area contributed by atoms with Crippen LogP contribution in [0.1, 0.15) is 11.5 Å². The maximum atomic E-state index is 12.4. The fourth-order valence-corrected chi connectivity index (χ4v) is 4.31. The Morgan fingerprint density at radius 2 is 1.79 bits per heavy atom. The van der Waals surface area contributed by atoms with Crippen molar-refractivity contribution in [1.82, 2.24) is 0 Å². The zero-order chi connectivity index (χ0) is 21.4. The smallest absolute Gasteiger partial charge is 0.406 e. The number of hydrogen-bond acceptors (Lipinski definition) is 5. The third kappa shape index (κ3) is 3.44. The molecule has 148 valence electrons. The summed E-state index contributed by atoms with van der Waals surface area (Å²) in [4.78, 5) is 1.11. The van der Waals surface area contributed by atoms with Crippen LogP contribution in [0.25, 0.3) is 0 Å². The molecule has 1 fully saturated rings. The number of hydrogen-bond donors (Lipinski definition) is 2. The maximum absolute atomic E-state index is 12.4. The lowest BCUT2D eigenvalue weighted by Crippen LogP contribution is -3.10. The van der Waals surface area contributed by atoms with E-state index in [9.17, 15) is 29.0 Å². The number of halogens is 3.